The number of nitrogens with one attached hydrogen (secondary N) is 2. The second-order valence-corrected chi connectivity index (χ2v) is 12.9. The van der Waals surface area contributed by atoms with Gasteiger partial charge in [0.25, 0.3) is 11.8 Å². The molecule has 0 spiro atoms. The summed E-state index contributed by atoms with van der Waals surface area (Å²) in [6, 6.07) is 11.8. The molecule has 4 rings (SSSR count). The lowest BCUT2D eigenvalue weighted by molar-refractivity contribution is 0.0146. The third kappa shape index (κ3) is 8.07. The number of hydrogen-bond acceptors (Lipinski definition) is 8. The first-order chi connectivity index (χ1) is 20.9. The molecule has 236 valence electrons. The summed E-state index contributed by atoms with van der Waals surface area (Å²) in [6.07, 6.45) is 2.74. The number of carbonyl (C=O) groups excluding carboxylic acids is 3. The van der Waals surface area contributed by atoms with Crippen molar-refractivity contribution in [1.29, 1.82) is 0 Å². The summed E-state index contributed by atoms with van der Waals surface area (Å²) in [6.45, 7) is 10.2. The second kappa shape index (κ2) is 14.1. The van der Waals surface area contributed by atoms with Crippen molar-refractivity contribution in [3.05, 3.63) is 69.7 Å². The highest BCUT2D eigenvalue weighted by Crippen LogP contribution is 2.33. The molecule has 1 aliphatic carbocycles. The maximum Gasteiger partial charge on any atom is 0.410 e. The van der Waals surface area contributed by atoms with Gasteiger partial charge >= 0.3 is 6.09 Å². The van der Waals surface area contributed by atoms with Gasteiger partial charge in [0.2, 0.25) is 0 Å². The van der Waals surface area contributed by atoms with Crippen LogP contribution >= 0.6 is 11.3 Å². The Balaban J connectivity index is 1.40. The molecule has 0 bridgehead atoms. The van der Waals surface area contributed by atoms with Crippen LogP contribution in [-0.4, -0.2) is 60.2 Å². The topological polar surface area (TPSA) is 119 Å². The van der Waals surface area contributed by atoms with E-state index in [-0.39, 0.29) is 30.0 Å². The number of hydrogen-bond donors (Lipinski definition) is 2. The van der Waals surface area contributed by atoms with Crippen molar-refractivity contribution < 1.29 is 28.6 Å². The van der Waals surface area contributed by atoms with Crippen LogP contribution in [0.25, 0.3) is 0 Å². The zero-order chi connectivity index (χ0) is 32.0. The highest BCUT2D eigenvalue weighted by Gasteiger charge is 2.32. The molecule has 0 saturated carbocycles. The summed E-state index contributed by atoms with van der Waals surface area (Å²) in [5.74, 6) is 0.446. The Morgan fingerprint density at radius 2 is 1.77 bits per heavy atom. The first-order valence-electron chi connectivity index (χ1n) is 14.8. The van der Waals surface area contributed by atoms with Crippen LogP contribution in [0.2, 0.25) is 0 Å². The molecule has 2 aromatic carbocycles. The molecule has 0 aliphatic heterocycles. The number of benzene rings is 2. The number of thiazole rings is 1. The minimum Gasteiger partial charge on any atom is -0.493 e. The Labute approximate surface area is 263 Å². The van der Waals surface area contributed by atoms with Crippen LogP contribution < -0.4 is 20.1 Å². The number of aryl methyl sites for hydroxylation is 1. The Kier molecular flexibility index (Phi) is 10.5. The molecular weight excluding hydrogens is 580 g/mol. The maximum atomic E-state index is 13.2. The summed E-state index contributed by atoms with van der Waals surface area (Å²) in [7, 11) is 3.06. The molecule has 0 unspecified atom stereocenters. The van der Waals surface area contributed by atoms with E-state index in [0.717, 1.165) is 35.4 Å². The van der Waals surface area contributed by atoms with Gasteiger partial charge in [-0.15, -0.1) is 11.3 Å². The fraction of sp³-hybridized carbons (Fsp3) is 0.455. The number of ether oxygens (including phenoxy) is 3. The number of carbonyl (C=O) groups is 3. The standard InChI is InChI=1S/C33H42N4O6S/c1-8-16-37(32(40)43-33(3,4)5)24-13-14-25-28(19-24)44-31(35-25)36-30(39)22-11-9-10-21(17-22)20(2)34-29(38)23-12-15-26(41-6)27(18-23)42-7/h9-12,15,17-18,20,24H,8,13-14,16,19H2,1-7H3,(H,34,38)(H,35,36,39)/t20-,24+/m1/s1. The van der Waals surface area contributed by atoms with Crippen molar-refractivity contribution in [2.24, 2.45) is 0 Å². The van der Waals surface area contributed by atoms with E-state index in [0.29, 0.717) is 40.7 Å². The van der Waals surface area contributed by atoms with Crippen LogP contribution in [-0.2, 0) is 17.6 Å². The van der Waals surface area contributed by atoms with Crippen molar-refractivity contribution in [2.75, 3.05) is 26.1 Å². The van der Waals surface area contributed by atoms with Gasteiger partial charge < -0.3 is 24.4 Å². The minimum absolute atomic E-state index is 0.0219. The molecule has 3 aromatic rings. The Bertz CT molecular complexity index is 1500. The van der Waals surface area contributed by atoms with Gasteiger partial charge in [-0.05, 0) is 82.9 Å². The summed E-state index contributed by atoms with van der Waals surface area (Å²) in [5.41, 5.74) is 2.08. The Morgan fingerprint density at radius 1 is 1.05 bits per heavy atom. The molecule has 10 nitrogen and oxygen atoms in total. The molecule has 11 heteroatoms. The SMILES string of the molecule is CCCN(C(=O)OC(C)(C)C)[C@H]1CCc2nc(NC(=O)c3cccc([C@@H](C)NC(=O)c4ccc(OC)c(OC)c4)c3)sc2C1. The van der Waals surface area contributed by atoms with Crippen LogP contribution in [0.15, 0.2) is 42.5 Å². The van der Waals surface area contributed by atoms with Gasteiger partial charge in [-0.1, -0.05) is 19.1 Å². The number of nitrogens with zero attached hydrogens (tertiary/aromatic N) is 2. The lowest BCUT2D eigenvalue weighted by Crippen LogP contribution is -2.46. The van der Waals surface area contributed by atoms with Crippen LogP contribution in [0.3, 0.4) is 0 Å². The number of aromatic nitrogens is 1. The summed E-state index contributed by atoms with van der Waals surface area (Å²) < 4.78 is 16.2. The van der Waals surface area contributed by atoms with Crippen molar-refractivity contribution >= 4 is 34.4 Å². The van der Waals surface area contributed by atoms with Gasteiger partial charge in [0.15, 0.2) is 16.6 Å². The van der Waals surface area contributed by atoms with Crippen LogP contribution in [0.5, 0.6) is 11.5 Å². The van der Waals surface area contributed by atoms with Crippen LogP contribution in [0.1, 0.15) is 90.4 Å². The number of anilines is 1. The molecule has 1 aromatic heterocycles. The van der Waals surface area contributed by atoms with Gasteiger partial charge in [-0.3, -0.25) is 14.9 Å². The van der Waals surface area contributed by atoms with Crippen LogP contribution in [0.4, 0.5) is 9.93 Å². The fourth-order valence-corrected chi connectivity index (χ4v) is 6.19. The molecule has 1 aliphatic rings. The van der Waals surface area contributed by atoms with E-state index in [1.165, 1.54) is 25.6 Å². The number of methoxy groups -OCH3 is 2. The smallest absolute Gasteiger partial charge is 0.410 e. The van der Waals surface area contributed by atoms with E-state index >= 15 is 0 Å². The van der Waals surface area contributed by atoms with E-state index in [2.05, 4.69) is 10.6 Å². The number of fused-ring (bicyclic) bond motifs is 1. The molecule has 44 heavy (non-hydrogen) atoms. The molecule has 2 N–H and O–H groups in total. The zero-order valence-corrected chi connectivity index (χ0v) is 27.3. The number of rotatable bonds is 10. The third-order valence-corrected chi connectivity index (χ3v) is 8.34. The maximum absolute atomic E-state index is 13.2. The molecule has 2 atom stereocenters. The van der Waals surface area contributed by atoms with Crippen LogP contribution in [0, 0.1) is 0 Å². The lowest BCUT2D eigenvalue weighted by atomic mass is 9.96. The van der Waals surface area contributed by atoms with E-state index in [4.69, 9.17) is 19.2 Å². The number of amides is 3. The fourth-order valence-electron chi connectivity index (χ4n) is 5.12. The Hall–Kier alpha value is -4.12. The van der Waals surface area contributed by atoms with Crippen molar-refractivity contribution in [1.82, 2.24) is 15.2 Å². The molecule has 0 radical (unpaired) electrons. The molecule has 1 heterocycles. The quantitative estimate of drug-likeness (QED) is 0.268. The highest BCUT2D eigenvalue weighted by molar-refractivity contribution is 7.15. The van der Waals surface area contributed by atoms with Crippen molar-refractivity contribution in [3.63, 3.8) is 0 Å². The summed E-state index contributed by atoms with van der Waals surface area (Å²) in [5, 5.41) is 6.45. The average molecular weight is 623 g/mol. The zero-order valence-electron chi connectivity index (χ0n) is 26.5. The van der Waals surface area contributed by atoms with E-state index in [1.807, 2.05) is 45.6 Å². The van der Waals surface area contributed by atoms with E-state index in [1.54, 1.807) is 36.4 Å². The van der Waals surface area contributed by atoms with Crippen molar-refractivity contribution in [3.8, 4) is 11.5 Å². The first-order valence-corrected chi connectivity index (χ1v) is 15.7. The predicted molar refractivity (Wildman–Crippen MR) is 171 cm³/mol. The first kappa shape index (κ1) is 32.8. The highest BCUT2D eigenvalue weighted by atomic mass is 32.1. The van der Waals surface area contributed by atoms with Crippen molar-refractivity contribution in [2.45, 2.75) is 78.0 Å². The normalized spacial score (nSPS) is 15.0. The third-order valence-electron chi connectivity index (χ3n) is 7.31. The van der Waals surface area contributed by atoms with E-state index in [9.17, 15) is 14.4 Å². The predicted octanol–water partition coefficient (Wildman–Crippen LogP) is 6.41. The summed E-state index contributed by atoms with van der Waals surface area (Å²) >= 11 is 1.45. The van der Waals surface area contributed by atoms with Gasteiger partial charge in [0.05, 0.1) is 26.0 Å². The van der Waals surface area contributed by atoms with Gasteiger partial charge in [-0.25, -0.2) is 9.78 Å². The van der Waals surface area contributed by atoms with Gasteiger partial charge in [0.1, 0.15) is 5.60 Å². The largest absolute Gasteiger partial charge is 0.493 e. The molecule has 3 amide bonds. The minimum atomic E-state index is -0.559. The van der Waals surface area contributed by atoms with Gasteiger partial charge in [0, 0.05) is 35.0 Å². The molecule has 0 saturated heterocycles. The van der Waals surface area contributed by atoms with Gasteiger partial charge in [-0.2, -0.15) is 0 Å². The monoisotopic (exact) mass is 622 g/mol. The average Bonchev–Trinajstić information content (AvgIpc) is 3.39. The summed E-state index contributed by atoms with van der Waals surface area (Å²) in [4.78, 5) is 46.7. The van der Waals surface area contributed by atoms with E-state index < -0.39 is 5.60 Å². The molecular formula is C33H42N4O6S. The Morgan fingerprint density at radius 3 is 2.45 bits per heavy atom. The lowest BCUT2D eigenvalue weighted by Gasteiger charge is -2.35. The second-order valence-electron chi connectivity index (χ2n) is 11.8. The molecule has 0 fully saturated rings.